The topological polar surface area (TPSA) is 66.6 Å². The molecule has 0 aliphatic carbocycles. The zero-order valence-corrected chi connectivity index (χ0v) is 12.1. The van der Waals surface area contributed by atoms with E-state index in [9.17, 15) is 4.79 Å². The molecule has 0 amide bonds. The number of carboxylic acid groups (broad SMARTS) is 1. The number of likely N-dealkylation sites (tertiary alicyclic amines) is 1. The van der Waals surface area contributed by atoms with E-state index in [1.165, 1.54) is 18.9 Å². The highest BCUT2D eigenvalue weighted by Crippen LogP contribution is 2.27. The maximum atomic E-state index is 10.8. The standard InChI is InChI=1S/C15H15ClN2O3/c16-12-7-10(13-8-14(15(19)20)21-17-13)3-4-11(12)9-18-5-1-2-6-18/h3-4,7-8H,1-2,5-6,9H2,(H,19,20). The van der Waals surface area contributed by atoms with Crippen LogP contribution in [0.3, 0.4) is 0 Å². The molecule has 0 radical (unpaired) electrons. The van der Waals surface area contributed by atoms with Gasteiger partial charge >= 0.3 is 5.97 Å². The number of benzene rings is 1. The fraction of sp³-hybridized carbons (Fsp3) is 0.333. The molecule has 0 unspecified atom stereocenters. The van der Waals surface area contributed by atoms with E-state index in [1.807, 2.05) is 12.1 Å². The van der Waals surface area contributed by atoms with Crippen molar-refractivity contribution < 1.29 is 14.4 Å². The zero-order chi connectivity index (χ0) is 14.8. The van der Waals surface area contributed by atoms with Gasteiger partial charge in [-0.05, 0) is 37.6 Å². The first-order chi connectivity index (χ1) is 10.1. The molecule has 1 N–H and O–H groups in total. The molecule has 1 aromatic carbocycles. The quantitative estimate of drug-likeness (QED) is 0.939. The molecule has 0 spiro atoms. The van der Waals surface area contributed by atoms with Crippen molar-refractivity contribution in [2.45, 2.75) is 19.4 Å². The predicted octanol–water partition coefficient (Wildman–Crippen LogP) is 3.29. The van der Waals surface area contributed by atoms with Gasteiger partial charge in [-0.25, -0.2) is 4.79 Å². The maximum Gasteiger partial charge on any atom is 0.374 e. The molecule has 6 heteroatoms. The lowest BCUT2D eigenvalue weighted by atomic mass is 10.1. The molecule has 1 aromatic heterocycles. The molecule has 1 saturated heterocycles. The van der Waals surface area contributed by atoms with Crippen LogP contribution in [0.25, 0.3) is 11.3 Å². The van der Waals surface area contributed by atoms with Gasteiger partial charge in [0.2, 0.25) is 5.76 Å². The number of hydrogen-bond acceptors (Lipinski definition) is 4. The molecule has 1 aliphatic rings. The Bertz CT molecular complexity index is 663. The number of hydrogen-bond donors (Lipinski definition) is 1. The molecule has 0 saturated carbocycles. The maximum absolute atomic E-state index is 10.8. The van der Waals surface area contributed by atoms with Gasteiger partial charge in [0, 0.05) is 23.2 Å². The minimum Gasteiger partial charge on any atom is -0.475 e. The highest BCUT2D eigenvalue weighted by atomic mass is 35.5. The van der Waals surface area contributed by atoms with Crippen LogP contribution in [0.5, 0.6) is 0 Å². The predicted molar refractivity (Wildman–Crippen MR) is 78.4 cm³/mol. The highest BCUT2D eigenvalue weighted by molar-refractivity contribution is 6.31. The SMILES string of the molecule is O=C(O)c1cc(-c2ccc(CN3CCCC3)c(Cl)c2)no1. The van der Waals surface area contributed by atoms with Crippen molar-refractivity contribution >= 4 is 17.6 Å². The Labute approximate surface area is 127 Å². The van der Waals surface area contributed by atoms with Crippen LogP contribution in [-0.2, 0) is 6.54 Å². The summed E-state index contributed by atoms with van der Waals surface area (Å²) >= 11 is 6.33. The average Bonchev–Trinajstić information content (AvgIpc) is 3.12. The van der Waals surface area contributed by atoms with Crippen molar-refractivity contribution in [2.24, 2.45) is 0 Å². The van der Waals surface area contributed by atoms with Crippen LogP contribution in [-0.4, -0.2) is 34.2 Å². The number of carboxylic acids is 1. The van der Waals surface area contributed by atoms with Crippen LogP contribution in [0.1, 0.15) is 29.0 Å². The van der Waals surface area contributed by atoms with Crippen molar-refractivity contribution in [3.63, 3.8) is 0 Å². The van der Waals surface area contributed by atoms with Crippen LogP contribution in [0.4, 0.5) is 0 Å². The third-order valence-corrected chi connectivity index (χ3v) is 4.01. The van der Waals surface area contributed by atoms with Crippen molar-refractivity contribution in [3.8, 4) is 11.3 Å². The van der Waals surface area contributed by atoms with E-state index in [0.717, 1.165) is 30.8 Å². The molecule has 2 heterocycles. The highest BCUT2D eigenvalue weighted by Gasteiger charge is 2.16. The molecule has 110 valence electrons. The molecule has 1 fully saturated rings. The Hall–Kier alpha value is -1.85. The van der Waals surface area contributed by atoms with Gasteiger partial charge in [0.25, 0.3) is 0 Å². The minimum atomic E-state index is -1.13. The Morgan fingerprint density at radius 2 is 2.10 bits per heavy atom. The van der Waals surface area contributed by atoms with Crippen LogP contribution < -0.4 is 0 Å². The summed E-state index contributed by atoms with van der Waals surface area (Å²) < 4.78 is 4.76. The molecule has 3 rings (SSSR count). The second-order valence-electron chi connectivity index (χ2n) is 5.17. The van der Waals surface area contributed by atoms with E-state index >= 15 is 0 Å². The fourth-order valence-electron chi connectivity index (χ4n) is 2.53. The molecule has 21 heavy (non-hydrogen) atoms. The van der Waals surface area contributed by atoms with Gasteiger partial charge in [-0.3, -0.25) is 4.90 Å². The number of carbonyl (C=O) groups is 1. The first kappa shape index (κ1) is 14.1. The van der Waals surface area contributed by atoms with E-state index in [4.69, 9.17) is 21.2 Å². The minimum absolute atomic E-state index is 0.178. The monoisotopic (exact) mass is 306 g/mol. The number of halogens is 1. The summed E-state index contributed by atoms with van der Waals surface area (Å²) in [6, 6.07) is 7.05. The van der Waals surface area contributed by atoms with Gasteiger partial charge in [0.15, 0.2) is 0 Å². The summed E-state index contributed by atoms with van der Waals surface area (Å²) in [5.74, 6) is -1.31. The van der Waals surface area contributed by atoms with Crippen LogP contribution in [0, 0.1) is 0 Å². The third kappa shape index (κ3) is 3.09. The first-order valence-electron chi connectivity index (χ1n) is 6.84. The van der Waals surface area contributed by atoms with Crippen LogP contribution in [0.2, 0.25) is 5.02 Å². The largest absolute Gasteiger partial charge is 0.475 e. The number of nitrogens with zero attached hydrogens (tertiary/aromatic N) is 2. The summed E-state index contributed by atoms with van der Waals surface area (Å²) in [6.07, 6.45) is 2.49. The zero-order valence-electron chi connectivity index (χ0n) is 11.4. The molecule has 5 nitrogen and oxygen atoms in total. The Kier molecular flexibility index (Phi) is 3.94. The van der Waals surface area contributed by atoms with Crippen molar-refractivity contribution in [3.05, 3.63) is 40.6 Å². The second kappa shape index (κ2) is 5.87. The van der Waals surface area contributed by atoms with E-state index in [1.54, 1.807) is 6.07 Å². The van der Waals surface area contributed by atoms with Gasteiger partial charge in [-0.1, -0.05) is 28.9 Å². The lowest BCUT2D eigenvalue weighted by molar-refractivity contribution is 0.0652. The third-order valence-electron chi connectivity index (χ3n) is 3.66. The van der Waals surface area contributed by atoms with Gasteiger partial charge in [-0.2, -0.15) is 0 Å². The molecule has 0 bridgehead atoms. The Morgan fingerprint density at radius 3 is 2.71 bits per heavy atom. The summed E-state index contributed by atoms with van der Waals surface area (Å²) in [5, 5.41) is 13.3. The normalized spacial score (nSPS) is 15.5. The number of aromatic carboxylic acids is 1. The smallest absolute Gasteiger partial charge is 0.374 e. The molecular formula is C15H15ClN2O3. The Morgan fingerprint density at radius 1 is 1.33 bits per heavy atom. The molecule has 1 aliphatic heterocycles. The fourth-order valence-corrected chi connectivity index (χ4v) is 2.77. The lowest BCUT2D eigenvalue weighted by Gasteiger charge is -2.15. The van der Waals surface area contributed by atoms with Gasteiger partial charge in [0.05, 0.1) is 0 Å². The van der Waals surface area contributed by atoms with E-state index in [-0.39, 0.29) is 5.76 Å². The van der Waals surface area contributed by atoms with Gasteiger partial charge in [-0.15, -0.1) is 0 Å². The van der Waals surface area contributed by atoms with E-state index in [0.29, 0.717) is 10.7 Å². The van der Waals surface area contributed by atoms with Crippen molar-refractivity contribution in [1.29, 1.82) is 0 Å². The molecular weight excluding hydrogens is 292 g/mol. The summed E-state index contributed by atoms with van der Waals surface area (Å²) in [5.41, 5.74) is 2.30. The lowest BCUT2D eigenvalue weighted by Crippen LogP contribution is -2.18. The van der Waals surface area contributed by atoms with Crippen LogP contribution >= 0.6 is 11.6 Å². The summed E-state index contributed by atoms with van der Waals surface area (Å²) in [7, 11) is 0. The van der Waals surface area contributed by atoms with Gasteiger partial charge in [0.1, 0.15) is 5.69 Å². The van der Waals surface area contributed by atoms with Crippen molar-refractivity contribution in [1.82, 2.24) is 10.1 Å². The number of rotatable bonds is 4. The van der Waals surface area contributed by atoms with E-state index in [2.05, 4.69) is 10.1 Å². The van der Waals surface area contributed by atoms with Crippen molar-refractivity contribution in [2.75, 3.05) is 13.1 Å². The van der Waals surface area contributed by atoms with Gasteiger partial charge < -0.3 is 9.63 Å². The second-order valence-corrected chi connectivity index (χ2v) is 5.58. The molecule has 2 aromatic rings. The van der Waals surface area contributed by atoms with Crippen LogP contribution in [0.15, 0.2) is 28.8 Å². The van der Waals surface area contributed by atoms with E-state index < -0.39 is 5.97 Å². The summed E-state index contributed by atoms with van der Waals surface area (Å²) in [6.45, 7) is 3.07. The first-order valence-corrected chi connectivity index (χ1v) is 7.22. The average molecular weight is 307 g/mol. The Balaban J connectivity index is 1.80. The number of aromatic nitrogens is 1. The summed E-state index contributed by atoms with van der Waals surface area (Å²) in [4.78, 5) is 13.2. The molecule has 0 atom stereocenters.